The lowest BCUT2D eigenvalue weighted by Gasteiger charge is -2.20. The van der Waals surface area contributed by atoms with Crippen LogP contribution in [0, 0.1) is 5.82 Å². The molecule has 1 aliphatic heterocycles. The van der Waals surface area contributed by atoms with E-state index in [-0.39, 0.29) is 21.6 Å². The molecule has 0 radical (unpaired) electrons. The van der Waals surface area contributed by atoms with Crippen LogP contribution in [-0.4, -0.2) is 14.8 Å². The third-order valence-corrected chi connectivity index (χ3v) is 6.62. The van der Waals surface area contributed by atoms with Gasteiger partial charge in [-0.2, -0.15) is 0 Å². The summed E-state index contributed by atoms with van der Waals surface area (Å²) in [6.07, 6.45) is 0. The first-order chi connectivity index (χ1) is 14.7. The number of phenols is 1. The van der Waals surface area contributed by atoms with E-state index in [1.54, 1.807) is 24.3 Å². The van der Waals surface area contributed by atoms with Gasteiger partial charge < -0.3 is 14.6 Å². The molecule has 5 rings (SSSR count). The third kappa shape index (κ3) is 2.79. The first-order valence-electron chi connectivity index (χ1n) is 9.42. The van der Waals surface area contributed by atoms with Crippen LogP contribution in [-0.2, 0) is 5.41 Å². The summed E-state index contributed by atoms with van der Waals surface area (Å²) in [4.78, 5) is 26.2. The summed E-state index contributed by atoms with van der Waals surface area (Å²) in [6.45, 7) is 3.78. The number of benzene rings is 2. The Morgan fingerprint density at radius 1 is 1.06 bits per heavy atom. The molecule has 0 unspecified atom stereocenters. The zero-order chi connectivity index (χ0) is 22.1. The maximum Gasteiger partial charge on any atom is 0.354 e. The van der Waals surface area contributed by atoms with Crippen LogP contribution in [0.25, 0.3) is 16.7 Å². The SMILES string of the molecule is CC1(C)c2cc(O)ccc2-n2c1cc1oc(=O)c(Sc3cccc(F)c3)c(O)c1c2=O. The summed E-state index contributed by atoms with van der Waals surface area (Å²) in [7, 11) is 0. The monoisotopic (exact) mass is 437 g/mol. The highest BCUT2D eigenvalue weighted by molar-refractivity contribution is 7.99. The Morgan fingerprint density at radius 2 is 1.84 bits per heavy atom. The Balaban J connectivity index is 1.80. The van der Waals surface area contributed by atoms with Crippen molar-refractivity contribution in [3.63, 3.8) is 0 Å². The van der Waals surface area contributed by atoms with Crippen LogP contribution >= 0.6 is 11.8 Å². The highest BCUT2D eigenvalue weighted by Gasteiger charge is 2.38. The van der Waals surface area contributed by atoms with Crippen LogP contribution in [0.15, 0.2) is 72.3 Å². The van der Waals surface area contributed by atoms with Gasteiger partial charge in [0.1, 0.15) is 27.4 Å². The molecular formula is C23H16FNO5S. The second-order valence-corrected chi connectivity index (χ2v) is 8.95. The van der Waals surface area contributed by atoms with Gasteiger partial charge >= 0.3 is 5.63 Å². The Kier molecular flexibility index (Phi) is 4.07. The smallest absolute Gasteiger partial charge is 0.354 e. The second-order valence-electron chi connectivity index (χ2n) is 7.86. The molecule has 0 fully saturated rings. The van der Waals surface area contributed by atoms with Gasteiger partial charge in [-0.25, -0.2) is 9.18 Å². The molecule has 2 aromatic carbocycles. The zero-order valence-corrected chi connectivity index (χ0v) is 17.3. The van der Waals surface area contributed by atoms with Crippen molar-refractivity contribution in [2.24, 2.45) is 0 Å². The molecule has 0 spiro atoms. The number of fused-ring (bicyclic) bond motifs is 4. The van der Waals surface area contributed by atoms with Crippen molar-refractivity contribution in [1.29, 1.82) is 0 Å². The molecule has 0 bridgehead atoms. The topological polar surface area (TPSA) is 92.7 Å². The van der Waals surface area contributed by atoms with Crippen LogP contribution in [0.4, 0.5) is 4.39 Å². The molecule has 0 saturated heterocycles. The van der Waals surface area contributed by atoms with E-state index >= 15 is 0 Å². The minimum absolute atomic E-state index is 0.0348. The Morgan fingerprint density at radius 3 is 2.58 bits per heavy atom. The van der Waals surface area contributed by atoms with E-state index in [1.807, 2.05) is 13.8 Å². The first-order valence-corrected chi connectivity index (χ1v) is 10.2. The summed E-state index contributed by atoms with van der Waals surface area (Å²) >= 11 is 0.822. The Bertz CT molecular complexity index is 1520. The van der Waals surface area contributed by atoms with Crippen LogP contribution in [0.3, 0.4) is 0 Å². The van der Waals surface area contributed by atoms with E-state index < -0.39 is 28.2 Å². The minimum Gasteiger partial charge on any atom is -0.508 e. The Labute approximate surface area is 179 Å². The first kappa shape index (κ1) is 19.4. The average Bonchev–Trinajstić information content (AvgIpc) is 2.92. The Hall–Kier alpha value is -3.52. The largest absolute Gasteiger partial charge is 0.508 e. The van der Waals surface area contributed by atoms with Gasteiger partial charge in [0.2, 0.25) is 0 Å². The quantitative estimate of drug-likeness (QED) is 0.486. The van der Waals surface area contributed by atoms with Crippen molar-refractivity contribution in [3.8, 4) is 17.2 Å². The highest BCUT2D eigenvalue weighted by Crippen LogP contribution is 2.44. The number of hydrogen-bond donors (Lipinski definition) is 2. The summed E-state index contributed by atoms with van der Waals surface area (Å²) in [5.74, 6) is -0.930. The molecule has 31 heavy (non-hydrogen) atoms. The number of pyridine rings is 1. The highest BCUT2D eigenvalue weighted by atomic mass is 32.2. The van der Waals surface area contributed by atoms with E-state index in [1.165, 1.54) is 28.8 Å². The molecule has 3 heterocycles. The molecule has 156 valence electrons. The summed E-state index contributed by atoms with van der Waals surface area (Å²) in [6, 6.07) is 11.8. The molecule has 0 aliphatic carbocycles. The fourth-order valence-corrected chi connectivity index (χ4v) is 4.91. The van der Waals surface area contributed by atoms with E-state index in [2.05, 4.69) is 0 Å². The van der Waals surface area contributed by atoms with Gasteiger partial charge in [-0.15, -0.1) is 0 Å². The van der Waals surface area contributed by atoms with Crippen molar-refractivity contribution in [1.82, 2.24) is 4.57 Å². The van der Waals surface area contributed by atoms with E-state index in [4.69, 9.17) is 4.42 Å². The number of nitrogens with zero attached hydrogens (tertiary/aromatic N) is 1. The fourth-order valence-electron chi connectivity index (χ4n) is 4.04. The van der Waals surface area contributed by atoms with Crippen LogP contribution in [0.5, 0.6) is 11.5 Å². The normalized spacial score (nSPS) is 13.9. The summed E-state index contributed by atoms with van der Waals surface area (Å²) in [5, 5.41) is 20.7. The predicted molar refractivity (Wildman–Crippen MR) is 114 cm³/mol. The van der Waals surface area contributed by atoms with Gasteiger partial charge in [0.15, 0.2) is 5.75 Å². The molecule has 2 N–H and O–H groups in total. The molecule has 2 aromatic heterocycles. The maximum absolute atomic E-state index is 13.5. The molecule has 4 aromatic rings. The lowest BCUT2D eigenvalue weighted by atomic mass is 9.83. The standard InChI is InChI=1S/C23H16FNO5S/c1-23(2)14-9-12(26)6-7-15(14)25-17(23)10-16-18(21(25)28)19(27)20(22(29)30-16)31-13-5-3-4-11(24)8-13/h3-10,26-27H,1-2H3. The van der Waals surface area contributed by atoms with E-state index in [9.17, 15) is 24.2 Å². The van der Waals surface area contributed by atoms with Crippen LogP contribution in [0.2, 0.25) is 0 Å². The minimum atomic E-state index is -0.824. The molecular weight excluding hydrogens is 421 g/mol. The van der Waals surface area contributed by atoms with Gasteiger partial charge in [-0.05, 0) is 42.0 Å². The van der Waals surface area contributed by atoms with Crippen LogP contribution in [0.1, 0.15) is 25.1 Å². The lowest BCUT2D eigenvalue weighted by molar-refractivity contribution is 0.445. The van der Waals surface area contributed by atoms with Gasteiger partial charge in [0, 0.05) is 22.1 Å². The van der Waals surface area contributed by atoms with Crippen LogP contribution < -0.4 is 11.2 Å². The number of aromatic nitrogens is 1. The van der Waals surface area contributed by atoms with Crippen molar-refractivity contribution >= 4 is 22.7 Å². The summed E-state index contributed by atoms with van der Waals surface area (Å²) in [5.41, 5.74) is -0.177. The average molecular weight is 437 g/mol. The van der Waals surface area contributed by atoms with Crippen molar-refractivity contribution in [3.05, 3.63) is 86.4 Å². The predicted octanol–water partition coefficient (Wildman–Crippen LogP) is 4.28. The maximum atomic E-state index is 13.5. The number of phenolic OH excluding ortho intramolecular Hbond substituents is 1. The molecule has 0 atom stereocenters. The molecule has 8 heteroatoms. The van der Waals surface area contributed by atoms with Gasteiger partial charge in [-0.1, -0.05) is 31.7 Å². The fraction of sp³-hybridized carbons (Fsp3) is 0.130. The van der Waals surface area contributed by atoms with Gasteiger partial charge in [0.05, 0.1) is 5.69 Å². The zero-order valence-electron chi connectivity index (χ0n) is 16.5. The summed E-state index contributed by atoms with van der Waals surface area (Å²) < 4.78 is 20.4. The van der Waals surface area contributed by atoms with Crippen molar-refractivity contribution < 1.29 is 19.0 Å². The molecule has 0 amide bonds. The van der Waals surface area contributed by atoms with Crippen molar-refractivity contribution in [2.75, 3.05) is 0 Å². The number of aromatic hydroxyl groups is 2. The number of halogens is 1. The molecule has 0 saturated carbocycles. The lowest BCUT2D eigenvalue weighted by Crippen LogP contribution is -2.24. The van der Waals surface area contributed by atoms with E-state index in [0.29, 0.717) is 16.3 Å². The number of rotatable bonds is 2. The molecule has 6 nitrogen and oxygen atoms in total. The second kappa shape index (κ2) is 6.49. The van der Waals surface area contributed by atoms with Gasteiger partial charge in [0.25, 0.3) is 5.56 Å². The number of hydrogen-bond acceptors (Lipinski definition) is 6. The third-order valence-electron chi connectivity index (χ3n) is 5.56. The van der Waals surface area contributed by atoms with E-state index in [0.717, 1.165) is 17.3 Å². The van der Waals surface area contributed by atoms with Crippen molar-refractivity contribution in [2.45, 2.75) is 29.1 Å². The molecule has 1 aliphatic rings. The van der Waals surface area contributed by atoms with Gasteiger partial charge in [-0.3, -0.25) is 9.36 Å².